The highest BCUT2D eigenvalue weighted by molar-refractivity contribution is 7.83. The Balaban J connectivity index is 2.10. The zero-order valence-corrected chi connectivity index (χ0v) is 15.7. The first-order valence-corrected chi connectivity index (χ1v) is 9.40. The summed E-state index contributed by atoms with van der Waals surface area (Å²) in [6.07, 6.45) is 2.98. The Labute approximate surface area is 147 Å². The van der Waals surface area contributed by atoms with Crippen LogP contribution in [0.4, 0.5) is 0 Å². The summed E-state index contributed by atoms with van der Waals surface area (Å²) in [5.41, 5.74) is 1.08. The van der Waals surface area contributed by atoms with Gasteiger partial charge in [0.05, 0.1) is 18.0 Å². The highest BCUT2D eigenvalue weighted by Gasteiger charge is 2.22. The van der Waals surface area contributed by atoms with Gasteiger partial charge in [-0.05, 0) is 45.1 Å². The fourth-order valence-corrected chi connectivity index (χ4v) is 3.21. The van der Waals surface area contributed by atoms with E-state index < -0.39 is 11.0 Å². The van der Waals surface area contributed by atoms with Crippen LogP contribution in [0.25, 0.3) is 0 Å². The van der Waals surface area contributed by atoms with Crippen LogP contribution in [0.5, 0.6) is 0 Å². The molecule has 0 fully saturated rings. The molecule has 1 aliphatic heterocycles. The molecule has 1 aliphatic rings. The van der Waals surface area contributed by atoms with E-state index in [2.05, 4.69) is 26.6 Å². The number of nitrogens with zero attached hydrogens (tertiary/aromatic N) is 4. The van der Waals surface area contributed by atoms with Gasteiger partial charge in [0.25, 0.3) is 0 Å². The third-order valence-corrected chi connectivity index (χ3v) is 4.84. The predicted octanol–water partition coefficient (Wildman–Crippen LogP) is 1.85. The first-order valence-electron chi connectivity index (χ1n) is 8.25. The lowest BCUT2D eigenvalue weighted by Gasteiger charge is -2.19. The van der Waals surface area contributed by atoms with Gasteiger partial charge in [-0.2, -0.15) is 5.10 Å². The van der Waals surface area contributed by atoms with E-state index in [4.69, 9.17) is 0 Å². The molecule has 1 N–H and O–H groups in total. The van der Waals surface area contributed by atoms with Gasteiger partial charge in [0.2, 0.25) is 5.96 Å². The molecule has 2 rings (SSSR count). The Morgan fingerprint density at radius 3 is 2.92 bits per heavy atom. The molecule has 1 heterocycles. The maximum atomic E-state index is 12.6. The van der Waals surface area contributed by atoms with E-state index in [1.165, 1.54) is 0 Å². The SMILES string of the molecule is CCC1C=NN(C(=NCCN(C)C)NS(=O)c2cccc(C)c2)C1. The fourth-order valence-electron chi connectivity index (χ4n) is 2.26. The molecule has 0 aromatic heterocycles. The Kier molecular flexibility index (Phi) is 6.93. The zero-order chi connectivity index (χ0) is 17.5. The lowest BCUT2D eigenvalue weighted by atomic mass is 10.1. The maximum Gasteiger partial charge on any atom is 0.227 e. The number of aryl methyl sites for hydroxylation is 1. The predicted molar refractivity (Wildman–Crippen MR) is 101 cm³/mol. The average molecular weight is 350 g/mol. The minimum absolute atomic E-state index is 0.415. The van der Waals surface area contributed by atoms with E-state index in [1.807, 2.05) is 56.5 Å². The molecule has 2 atom stereocenters. The third kappa shape index (κ3) is 5.42. The first kappa shape index (κ1) is 18.6. The standard InChI is InChI=1S/C17H27N5OS/c1-5-15-12-19-22(13-15)17(18-9-10-21(3)4)20-24(23)16-8-6-7-14(2)11-16/h6-8,11-12,15H,5,9-10,13H2,1-4H3,(H,18,20). The lowest BCUT2D eigenvalue weighted by Crippen LogP contribution is -2.39. The molecule has 0 bridgehead atoms. The van der Waals surface area contributed by atoms with Gasteiger partial charge >= 0.3 is 0 Å². The second-order valence-electron chi connectivity index (χ2n) is 6.21. The third-order valence-electron chi connectivity index (χ3n) is 3.79. The molecular weight excluding hydrogens is 322 g/mol. The Bertz CT molecular complexity index is 629. The fraction of sp³-hybridized carbons (Fsp3) is 0.529. The topological polar surface area (TPSA) is 60.3 Å². The van der Waals surface area contributed by atoms with Crippen molar-refractivity contribution in [1.29, 1.82) is 0 Å². The van der Waals surface area contributed by atoms with E-state index in [9.17, 15) is 4.21 Å². The van der Waals surface area contributed by atoms with Crippen LogP contribution in [0, 0.1) is 12.8 Å². The van der Waals surface area contributed by atoms with Crippen molar-refractivity contribution < 1.29 is 4.21 Å². The summed E-state index contributed by atoms with van der Waals surface area (Å²) in [4.78, 5) is 7.40. The van der Waals surface area contributed by atoms with Crippen LogP contribution in [-0.2, 0) is 11.0 Å². The average Bonchev–Trinajstić information content (AvgIpc) is 3.02. The van der Waals surface area contributed by atoms with Crippen molar-refractivity contribution in [2.45, 2.75) is 25.2 Å². The largest absolute Gasteiger partial charge is 0.308 e. The summed E-state index contributed by atoms with van der Waals surface area (Å²) in [5.74, 6) is 0.988. The number of hydrazone groups is 1. The number of likely N-dealkylation sites (N-methyl/N-ethyl adjacent to an activating group) is 1. The molecule has 6 nitrogen and oxygen atoms in total. The van der Waals surface area contributed by atoms with Crippen LogP contribution in [0.15, 0.2) is 39.3 Å². The molecule has 0 aliphatic carbocycles. The van der Waals surface area contributed by atoms with Crippen molar-refractivity contribution in [3.05, 3.63) is 29.8 Å². The number of aliphatic imine (C=N–C) groups is 1. The summed E-state index contributed by atoms with van der Waals surface area (Å²) in [5, 5.41) is 6.23. The van der Waals surface area contributed by atoms with Crippen molar-refractivity contribution in [1.82, 2.24) is 14.6 Å². The van der Waals surface area contributed by atoms with E-state index in [0.29, 0.717) is 18.4 Å². The van der Waals surface area contributed by atoms with Crippen LogP contribution in [0.1, 0.15) is 18.9 Å². The van der Waals surface area contributed by atoms with E-state index in [0.717, 1.165) is 30.0 Å². The van der Waals surface area contributed by atoms with Gasteiger partial charge in [0, 0.05) is 18.7 Å². The van der Waals surface area contributed by atoms with E-state index in [-0.39, 0.29) is 0 Å². The number of benzene rings is 1. The molecule has 1 aromatic rings. The Morgan fingerprint density at radius 1 is 1.50 bits per heavy atom. The van der Waals surface area contributed by atoms with Gasteiger partial charge in [-0.15, -0.1) is 0 Å². The van der Waals surface area contributed by atoms with Crippen LogP contribution in [-0.4, -0.2) is 60.0 Å². The molecule has 0 radical (unpaired) electrons. The Hall–Kier alpha value is -1.73. The minimum atomic E-state index is -1.36. The zero-order valence-electron chi connectivity index (χ0n) is 14.9. The molecule has 132 valence electrons. The van der Waals surface area contributed by atoms with Crippen LogP contribution in [0.2, 0.25) is 0 Å². The minimum Gasteiger partial charge on any atom is -0.308 e. The van der Waals surface area contributed by atoms with E-state index >= 15 is 0 Å². The van der Waals surface area contributed by atoms with Crippen molar-refractivity contribution in [2.75, 3.05) is 33.7 Å². The van der Waals surface area contributed by atoms with Crippen molar-refractivity contribution in [3.8, 4) is 0 Å². The van der Waals surface area contributed by atoms with Gasteiger partial charge in [-0.1, -0.05) is 19.1 Å². The van der Waals surface area contributed by atoms with Gasteiger partial charge in [-0.25, -0.2) is 14.2 Å². The molecule has 0 amide bonds. The smallest absolute Gasteiger partial charge is 0.227 e. The van der Waals surface area contributed by atoms with Crippen LogP contribution < -0.4 is 4.72 Å². The maximum absolute atomic E-state index is 12.6. The van der Waals surface area contributed by atoms with Gasteiger partial charge in [0.15, 0.2) is 11.0 Å². The molecule has 2 unspecified atom stereocenters. The molecule has 0 saturated carbocycles. The summed E-state index contributed by atoms with van der Waals surface area (Å²) in [6.45, 7) is 6.36. The van der Waals surface area contributed by atoms with Gasteiger partial charge < -0.3 is 4.90 Å². The lowest BCUT2D eigenvalue weighted by molar-refractivity contribution is 0.410. The van der Waals surface area contributed by atoms with E-state index in [1.54, 1.807) is 0 Å². The summed E-state index contributed by atoms with van der Waals surface area (Å²) in [6, 6.07) is 7.68. The van der Waals surface area contributed by atoms with Crippen molar-refractivity contribution >= 4 is 23.2 Å². The normalized spacial score (nSPS) is 19.1. The van der Waals surface area contributed by atoms with Crippen molar-refractivity contribution in [3.63, 3.8) is 0 Å². The monoisotopic (exact) mass is 349 g/mol. The quantitative estimate of drug-likeness (QED) is 0.630. The summed E-state index contributed by atoms with van der Waals surface area (Å²) >= 11 is 0. The Morgan fingerprint density at radius 2 is 2.29 bits per heavy atom. The van der Waals surface area contributed by atoms with Crippen LogP contribution >= 0.6 is 0 Å². The van der Waals surface area contributed by atoms with Crippen molar-refractivity contribution in [2.24, 2.45) is 16.0 Å². The second-order valence-corrected chi connectivity index (χ2v) is 7.42. The highest BCUT2D eigenvalue weighted by atomic mass is 32.2. The highest BCUT2D eigenvalue weighted by Crippen LogP contribution is 2.13. The summed E-state index contributed by atoms with van der Waals surface area (Å²) in [7, 11) is 2.66. The number of rotatable bonds is 6. The first-order chi connectivity index (χ1) is 11.5. The molecule has 1 aromatic carbocycles. The van der Waals surface area contributed by atoms with Gasteiger partial charge in [-0.3, -0.25) is 4.72 Å². The molecular formula is C17H27N5OS. The second kappa shape index (κ2) is 8.94. The molecule has 7 heteroatoms. The number of guanidine groups is 1. The molecule has 24 heavy (non-hydrogen) atoms. The summed E-state index contributed by atoms with van der Waals surface area (Å²) < 4.78 is 15.7. The van der Waals surface area contributed by atoms with Gasteiger partial charge in [0.1, 0.15) is 0 Å². The number of nitrogens with one attached hydrogen (secondary N) is 1. The number of hydrogen-bond donors (Lipinski definition) is 1. The molecule has 0 saturated heterocycles. The number of hydrogen-bond acceptors (Lipinski definition) is 4. The molecule has 0 spiro atoms. The van der Waals surface area contributed by atoms with Crippen LogP contribution in [0.3, 0.4) is 0 Å².